The summed E-state index contributed by atoms with van der Waals surface area (Å²) in [5.74, 6) is 0.474. The van der Waals surface area contributed by atoms with Gasteiger partial charge in [0, 0.05) is 11.1 Å². The third-order valence-corrected chi connectivity index (χ3v) is 2.96. The zero-order valence-corrected chi connectivity index (χ0v) is 9.67. The topological polar surface area (TPSA) is 74.9 Å². The van der Waals surface area contributed by atoms with Crippen molar-refractivity contribution in [2.75, 3.05) is 5.73 Å². The van der Waals surface area contributed by atoms with Crippen LogP contribution in [0.1, 0.15) is 17.4 Å². The highest BCUT2D eigenvalue weighted by Gasteiger charge is 2.12. The molecule has 4 nitrogen and oxygen atoms in total. The van der Waals surface area contributed by atoms with Crippen LogP contribution in [0.15, 0.2) is 48.7 Å². The Bertz CT molecular complexity index is 676. The highest BCUT2D eigenvalue weighted by molar-refractivity contribution is 5.81. The van der Waals surface area contributed by atoms with E-state index in [0.717, 1.165) is 22.2 Å². The van der Waals surface area contributed by atoms with Crippen molar-refractivity contribution < 1.29 is 5.11 Å². The van der Waals surface area contributed by atoms with Crippen LogP contribution in [-0.2, 0) is 0 Å². The van der Waals surface area contributed by atoms with Crippen molar-refractivity contribution in [1.29, 1.82) is 0 Å². The first-order chi connectivity index (χ1) is 8.74. The lowest BCUT2D eigenvalue weighted by atomic mass is 10.1. The van der Waals surface area contributed by atoms with Crippen LogP contribution in [0.3, 0.4) is 0 Å². The number of anilines is 1. The zero-order valence-electron chi connectivity index (χ0n) is 9.67. The molecule has 4 N–H and O–H groups in total. The van der Waals surface area contributed by atoms with Crippen LogP contribution in [-0.4, -0.2) is 15.1 Å². The summed E-state index contributed by atoms with van der Waals surface area (Å²) in [7, 11) is 0. The molecule has 90 valence electrons. The van der Waals surface area contributed by atoms with Crippen LogP contribution >= 0.6 is 0 Å². The summed E-state index contributed by atoms with van der Waals surface area (Å²) in [5, 5.41) is 11.2. The second-order valence-corrected chi connectivity index (χ2v) is 4.23. The van der Waals surface area contributed by atoms with Crippen LogP contribution in [0.2, 0.25) is 0 Å². The number of rotatable bonds is 2. The van der Waals surface area contributed by atoms with Crippen LogP contribution in [0.5, 0.6) is 0 Å². The third-order valence-electron chi connectivity index (χ3n) is 2.96. The molecule has 0 saturated heterocycles. The number of nitrogens with one attached hydrogen (secondary N) is 1. The molecule has 3 aromatic rings. The molecule has 0 unspecified atom stereocenters. The van der Waals surface area contributed by atoms with Crippen molar-refractivity contribution in [1.82, 2.24) is 9.97 Å². The number of aromatic amines is 1. The summed E-state index contributed by atoms with van der Waals surface area (Å²) < 4.78 is 0. The monoisotopic (exact) mass is 239 g/mol. The van der Waals surface area contributed by atoms with Gasteiger partial charge in [0.05, 0.1) is 11.7 Å². The number of aromatic nitrogens is 2. The maximum absolute atomic E-state index is 10.3. The Morgan fingerprint density at radius 2 is 1.94 bits per heavy atom. The minimum absolute atomic E-state index is 0.474. The van der Waals surface area contributed by atoms with Crippen LogP contribution < -0.4 is 5.73 Å². The predicted molar refractivity (Wildman–Crippen MR) is 71.0 cm³/mol. The van der Waals surface area contributed by atoms with E-state index in [2.05, 4.69) is 9.97 Å². The van der Waals surface area contributed by atoms with Gasteiger partial charge in [-0.05, 0) is 17.7 Å². The van der Waals surface area contributed by atoms with Gasteiger partial charge in [-0.2, -0.15) is 0 Å². The van der Waals surface area contributed by atoms with Crippen molar-refractivity contribution in [2.45, 2.75) is 6.10 Å². The van der Waals surface area contributed by atoms with Crippen molar-refractivity contribution in [2.24, 2.45) is 0 Å². The number of nitrogens with two attached hydrogens (primary N) is 1. The number of hydrogen-bond donors (Lipinski definition) is 3. The fourth-order valence-corrected chi connectivity index (χ4v) is 2.03. The summed E-state index contributed by atoms with van der Waals surface area (Å²) in [5.41, 5.74) is 8.09. The summed E-state index contributed by atoms with van der Waals surface area (Å²) in [6.45, 7) is 0. The predicted octanol–water partition coefficient (Wildman–Crippen LogP) is 2.23. The minimum Gasteiger partial charge on any atom is -0.384 e. The zero-order chi connectivity index (χ0) is 12.5. The number of aliphatic hydroxyl groups is 1. The summed E-state index contributed by atoms with van der Waals surface area (Å²) in [4.78, 5) is 7.17. The Balaban J connectivity index is 2.04. The van der Waals surface area contributed by atoms with Gasteiger partial charge in [0.1, 0.15) is 11.9 Å². The van der Waals surface area contributed by atoms with E-state index in [1.165, 1.54) is 0 Å². The van der Waals surface area contributed by atoms with E-state index < -0.39 is 6.10 Å². The molecule has 2 aromatic heterocycles. The fourth-order valence-electron chi connectivity index (χ4n) is 2.03. The summed E-state index contributed by atoms with van der Waals surface area (Å²) in [6, 6.07) is 13.2. The largest absolute Gasteiger partial charge is 0.384 e. The quantitative estimate of drug-likeness (QED) is 0.642. The van der Waals surface area contributed by atoms with E-state index in [1.807, 2.05) is 36.4 Å². The number of pyridine rings is 1. The lowest BCUT2D eigenvalue weighted by Crippen LogP contribution is -1.99. The lowest BCUT2D eigenvalue weighted by Gasteiger charge is -2.08. The van der Waals surface area contributed by atoms with E-state index in [1.54, 1.807) is 12.3 Å². The summed E-state index contributed by atoms with van der Waals surface area (Å²) in [6.07, 6.45) is 1.01. The van der Waals surface area contributed by atoms with Crippen molar-refractivity contribution >= 4 is 16.7 Å². The molecular formula is C14H13N3O. The number of aliphatic hydroxyl groups excluding tert-OH is 1. The van der Waals surface area contributed by atoms with E-state index in [0.29, 0.717) is 5.82 Å². The molecule has 0 radical (unpaired) electrons. The normalized spacial score (nSPS) is 12.7. The van der Waals surface area contributed by atoms with Gasteiger partial charge in [0.15, 0.2) is 0 Å². The molecule has 0 bridgehead atoms. The molecule has 0 amide bonds. The van der Waals surface area contributed by atoms with E-state index in [-0.39, 0.29) is 0 Å². The van der Waals surface area contributed by atoms with Crippen LogP contribution in [0.25, 0.3) is 10.9 Å². The molecule has 3 rings (SSSR count). The number of fused-ring (bicyclic) bond motifs is 1. The number of benzene rings is 1. The van der Waals surface area contributed by atoms with Gasteiger partial charge < -0.3 is 15.8 Å². The Labute approximate surface area is 104 Å². The maximum Gasteiger partial charge on any atom is 0.124 e. The second-order valence-electron chi connectivity index (χ2n) is 4.23. The molecule has 1 atom stereocenters. The van der Waals surface area contributed by atoms with Crippen LogP contribution in [0, 0.1) is 0 Å². The van der Waals surface area contributed by atoms with Gasteiger partial charge in [-0.3, -0.25) is 0 Å². The van der Waals surface area contributed by atoms with Crippen molar-refractivity contribution in [3.05, 3.63) is 59.9 Å². The molecule has 1 aromatic carbocycles. The lowest BCUT2D eigenvalue weighted by molar-refractivity contribution is 0.216. The molecular weight excluding hydrogens is 226 g/mol. The van der Waals surface area contributed by atoms with Gasteiger partial charge in [0.2, 0.25) is 0 Å². The van der Waals surface area contributed by atoms with E-state index in [4.69, 9.17) is 5.73 Å². The first-order valence-electron chi connectivity index (χ1n) is 5.71. The smallest absolute Gasteiger partial charge is 0.124 e. The highest BCUT2D eigenvalue weighted by atomic mass is 16.3. The summed E-state index contributed by atoms with van der Waals surface area (Å²) >= 11 is 0. The standard InChI is InChI=1S/C14H13N3O/c15-13-7-10-6-11(17-12(10)8-16-13)14(18)9-4-2-1-3-5-9/h1-8,14,17-18H,(H2,15,16)/t14-/m1/s1. The average molecular weight is 239 g/mol. The molecule has 0 saturated carbocycles. The van der Waals surface area contributed by atoms with Gasteiger partial charge in [-0.1, -0.05) is 30.3 Å². The number of nitrogens with zero attached hydrogens (tertiary/aromatic N) is 1. The Morgan fingerprint density at radius 1 is 1.17 bits per heavy atom. The molecule has 2 heterocycles. The maximum atomic E-state index is 10.3. The Kier molecular flexibility index (Phi) is 2.50. The first-order valence-corrected chi connectivity index (χ1v) is 5.71. The average Bonchev–Trinajstić information content (AvgIpc) is 2.81. The molecule has 0 aliphatic heterocycles. The molecule has 0 spiro atoms. The number of hydrogen-bond acceptors (Lipinski definition) is 3. The Hall–Kier alpha value is -2.33. The number of nitrogen functional groups attached to an aromatic ring is 1. The SMILES string of the molecule is Nc1cc2cc([C@H](O)c3ccccc3)[nH]c2cn1. The van der Waals surface area contributed by atoms with Gasteiger partial charge in [0.25, 0.3) is 0 Å². The molecule has 0 aliphatic rings. The first kappa shape index (κ1) is 10.8. The van der Waals surface area contributed by atoms with Crippen molar-refractivity contribution in [3.8, 4) is 0 Å². The molecule has 0 aliphatic carbocycles. The minimum atomic E-state index is -0.667. The Morgan fingerprint density at radius 3 is 2.72 bits per heavy atom. The van der Waals surface area contributed by atoms with Crippen molar-refractivity contribution in [3.63, 3.8) is 0 Å². The highest BCUT2D eigenvalue weighted by Crippen LogP contribution is 2.25. The van der Waals surface area contributed by atoms with E-state index in [9.17, 15) is 5.11 Å². The number of H-pyrrole nitrogens is 1. The van der Waals surface area contributed by atoms with Crippen LogP contribution in [0.4, 0.5) is 5.82 Å². The van der Waals surface area contributed by atoms with E-state index >= 15 is 0 Å². The van der Waals surface area contributed by atoms with Gasteiger partial charge in [-0.15, -0.1) is 0 Å². The van der Waals surface area contributed by atoms with Gasteiger partial charge in [-0.25, -0.2) is 4.98 Å². The van der Waals surface area contributed by atoms with Gasteiger partial charge >= 0.3 is 0 Å². The third kappa shape index (κ3) is 1.83. The molecule has 0 fully saturated rings. The molecule has 18 heavy (non-hydrogen) atoms. The molecule has 4 heteroatoms. The second kappa shape index (κ2) is 4.16. The fraction of sp³-hybridized carbons (Fsp3) is 0.0714.